The second-order valence-corrected chi connectivity index (χ2v) is 7.57. The fourth-order valence-electron chi connectivity index (χ4n) is 3.39. The molecule has 2 aromatic rings. The first-order valence-corrected chi connectivity index (χ1v) is 9.42. The second-order valence-electron chi connectivity index (χ2n) is 7.19. The summed E-state index contributed by atoms with van der Waals surface area (Å²) in [6, 6.07) is 6.10. The Hall–Kier alpha value is -2.25. The number of carbonyl (C=O) groups excluding carboxylic acids is 1. The number of rotatable bonds is 4. The smallest absolute Gasteiger partial charge is 0.272 e. The van der Waals surface area contributed by atoms with Gasteiger partial charge < -0.3 is 15.2 Å². The van der Waals surface area contributed by atoms with Gasteiger partial charge in [-0.2, -0.15) is 0 Å². The van der Waals surface area contributed by atoms with Crippen LogP contribution in [0.2, 0.25) is 5.02 Å². The zero-order valence-electron chi connectivity index (χ0n) is 15.7. The molecular formula is C20H22ClF2N3O2. The number of pyridine rings is 1. The van der Waals surface area contributed by atoms with Crippen LogP contribution in [0.4, 0.5) is 8.78 Å². The molecule has 1 aliphatic rings. The number of hydrogen-bond donors (Lipinski definition) is 1. The van der Waals surface area contributed by atoms with Gasteiger partial charge in [0.15, 0.2) is 5.82 Å². The highest BCUT2D eigenvalue weighted by molar-refractivity contribution is 6.30. The number of carbonyl (C=O) groups is 1. The maximum atomic E-state index is 14.4. The van der Waals surface area contributed by atoms with E-state index in [9.17, 15) is 18.4 Å². The van der Waals surface area contributed by atoms with E-state index in [1.54, 1.807) is 24.3 Å². The predicted molar refractivity (Wildman–Crippen MR) is 105 cm³/mol. The van der Waals surface area contributed by atoms with Crippen LogP contribution in [0.3, 0.4) is 0 Å². The molecule has 8 heteroatoms. The van der Waals surface area contributed by atoms with E-state index in [4.69, 9.17) is 17.3 Å². The van der Waals surface area contributed by atoms with Crippen LogP contribution >= 0.6 is 11.6 Å². The van der Waals surface area contributed by atoms with Gasteiger partial charge in [-0.3, -0.25) is 9.59 Å². The van der Waals surface area contributed by atoms with Crippen molar-refractivity contribution in [2.24, 2.45) is 12.8 Å². The lowest BCUT2D eigenvalue weighted by atomic mass is 9.91. The average molecular weight is 410 g/mol. The molecule has 3 atom stereocenters. The molecule has 0 spiro atoms. The van der Waals surface area contributed by atoms with Crippen LogP contribution in [0.15, 0.2) is 35.3 Å². The summed E-state index contributed by atoms with van der Waals surface area (Å²) in [5.74, 6) is -1.34. The zero-order valence-corrected chi connectivity index (χ0v) is 16.4. The lowest BCUT2D eigenvalue weighted by molar-refractivity contribution is -0.132. The van der Waals surface area contributed by atoms with Crippen LogP contribution in [-0.4, -0.2) is 40.7 Å². The Morgan fingerprint density at radius 2 is 1.96 bits per heavy atom. The molecule has 0 saturated carbocycles. The van der Waals surface area contributed by atoms with Gasteiger partial charge in [0.1, 0.15) is 11.2 Å². The van der Waals surface area contributed by atoms with Crippen molar-refractivity contribution in [3.05, 3.63) is 57.2 Å². The third kappa shape index (κ3) is 3.82. The highest BCUT2D eigenvalue weighted by Gasteiger charge is 2.32. The fraction of sp³-hybridized carbons (Fsp3) is 0.400. The molecule has 1 amide bonds. The van der Waals surface area contributed by atoms with Crippen LogP contribution in [0.1, 0.15) is 24.8 Å². The largest absolute Gasteiger partial charge is 0.338 e. The SMILES string of the molecule is C[C@@H](c1ccc(-c2cn(C)c(=O)c(Cl)c2F)cc1)[C@H](N)C(=O)N1CC[C@H](F)C1. The summed E-state index contributed by atoms with van der Waals surface area (Å²) >= 11 is 5.77. The Labute approximate surface area is 166 Å². The van der Waals surface area contributed by atoms with E-state index < -0.39 is 28.6 Å². The van der Waals surface area contributed by atoms with E-state index >= 15 is 0 Å². The van der Waals surface area contributed by atoms with E-state index in [0.29, 0.717) is 18.5 Å². The molecule has 3 rings (SSSR count). The number of aryl methyl sites for hydroxylation is 1. The molecule has 150 valence electrons. The second kappa shape index (κ2) is 8.01. The van der Waals surface area contributed by atoms with E-state index in [1.807, 2.05) is 6.92 Å². The van der Waals surface area contributed by atoms with Gasteiger partial charge in [0.25, 0.3) is 5.56 Å². The van der Waals surface area contributed by atoms with Crippen molar-refractivity contribution in [2.75, 3.05) is 13.1 Å². The van der Waals surface area contributed by atoms with Crippen molar-refractivity contribution in [2.45, 2.75) is 31.5 Å². The van der Waals surface area contributed by atoms with Crippen LogP contribution in [0, 0.1) is 5.82 Å². The number of hydrogen-bond acceptors (Lipinski definition) is 3. The van der Waals surface area contributed by atoms with Crippen molar-refractivity contribution in [3.8, 4) is 11.1 Å². The lowest BCUT2D eigenvalue weighted by Gasteiger charge is -2.25. The number of likely N-dealkylation sites (tertiary alicyclic amines) is 1. The van der Waals surface area contributed by atoms with Crippen molar-refractivity contribution < 1.29 is 13.6 Å². The van der Waals surface area contributed by atoms with Gasteiger partial charge in [-0.05, 0) is 17.5 Å². The minimum Gasteiger partial charge on any atom is -0.338 e. The van der Waals surface area contributed by atoms with Crippen molar-refractivity contribution in [1.29, 1.82) is 0 Å². The highest BCUT2D eigenvalue weighted by Crippen LogP contribution is 2.28. The Balaban J connectivity index is 1.81. The van der Waals surface area contributed by atoms with Crippen molar-refractivity contribution in [3.63, 3.8) is 0 Å². The van der Waals surface area contributed by atoms with Gasteiger partial charge in [0.05, 0.1) is 12.6 Å². The number of alkyl halides is 1. The predicted octanol–water partition coefficient (Wildman–Crippen LogP) is 2.85. The number of nitrogens with two attached hydrogens (primary N) is 1. The summed E-state index contributed by atoms with van der Waals surface area (Å²) in [5, 5.41) is -0.457. The molecule has 0 bridgehead atoms. The summed E-state index contributed by atoms with van der Waals surface area (Å²) in [5.41, 5.74) is 7.07. The van der Waals surface area contributed by atoms with Gasteiger partial charge in [-0.1, -0.05) is 42.8 Å². The summed E-state index contributed by atoms with van der Waals surface area (Å²) in [4.78, 5) is 25.6. The molecular weight excluding hydrogens is 388 g/mol. The maximum Gasteiger partial charge on any atom is 0.272 e. The van der Waals surface area contributed by atoms with E-state index in [-0.39, 0.29) is 23.9 Å². The standard InChI is InChI=1S/C20H22ClF2N3O2/c1-11(18(24)20(28)26-8-7-14(22)9-26)12-3-5-13(6-4-12)15-10-25(2)19(27)16(21)17(15)23/h3-6,10-11,14,18H,7-9,24H2,1-2H3/t11-,14-,18-/m0/s1. The number of halogens is 3. The van der Waals surface area contributed by atoms with Gasteiger partial charge >= 0.3 is 0 Å². The third-order valence-corrected chi connectivity index (χ3v) is 5.60. The molecule has 2 N–H and O–H groups in total. The topological polar surface area (TPSA) is 68.3 Å². The van der Waals surface area contributed by atoms with Crippen LogP contribution in [0.5, 0.6) is 0 Å². The Kier molecular flexibility index (Phi) is 5.86. The normalized spacial score (nSPS) is 18.9. The van der Waals surface area contributed by atoms with Gasteiger partial charge in [-0.15, -0.1) is 0 Å². The summed E-state index contributed by atoms with van der Waals surface area (Å²) < 4.78 is 28.9. The van der Waals surface area contributed by atoms with Gasteiger partial charge in [0.2, 0.25) is 5.91 Å². The van der Waals surface area contributed by atoms with Crippen LogP contribution in [-0.2, 0) is 11.8 Å². The van der Waals surface area contributed by atoms with E-state index in [0.717, 1.165) is 5.56 Å². The maximum absolute atomic E-state index is 14.4. The number of aromatic nitrogens is 1. The lowest BCUT2D eigenvalue weighted by Crippen LogP contribution is -2.45. The molecule has 1 aromatic heterocycles. The van der Waals surface area contributed by atoms with Gasteiger partial charge in [0, 0.05) is 31.3 Å². The monoisotopic (exact) mass is 409 g/mol. The molecule has 1 aromatic carbocycles. The number of benzene rings is 1. The van der Waals surface area contributed by atoms with Crippen LogP contribution in [0.25, 0.3) is 11.1 Å². The average Bonchev–Trinajstić information content (AvgIpc) is 3.14. The zero-order chi connectivity index (χ0) is 20.6. The van der Waals surface area contributed by atoms with Crippen molar-refractivity contribution >= 4 is 17.5 Å². The minimum atomic E-state index is -0.991. The molecule has 1 aliphatic heterocycles. The Morgan fingerprint density at radius 1 is 1.32 bits per heavy atom. The first-order valence-electron chi connectivity index (χ1n) is 9.04. The molecule has 2 heterocycles. The van der Waals surface area contributed by atoms with E-state index in [2.05, 4.69) is 0 Å². The molecule has 28 heavy (non-hydrogen) atoms. The number of amides is 1. The van der Waals surface area contributed by atoms with Gasteiger partial charge in [-0.25, -0.2) is 8.78 Å². The molecule has 5 nitrogen and oxygen atoms in total. The summed E-state index contributed by atoms with van der Waals surface area (Å²) in [6.45, 7) is 2.29. The molecule has 1 saturated heterocycles. The quantitative estimate of drug-likeness (QED) is 0.844. The fourth-order valence-corrected chi connectivity index (χ4v) is 3.63. The third-order valence-electron chi connectivity index (χ3n) is 5.27. The molecule has 0 unspecified atom stereocenters. The summed E-state index contributed by atoms with van der Waals surface area (Å²) in [6.07, 6.45) is 0.738. The molecule has 1 fully saturated rings. The first kappa shape index (κ1) is 20.5. The number of nitrogens with zero attached hydrogens (tertiary/aromatic N) is 2. The van der Waals surface area contributed by atoms with Crippen LogP contribution < -0.4 is 11.3 Å². The molecule has 0 aliphatic carbocycles. The van der Waals surface area contributed by atoms with Crippen molar-refractivity contribution in [1.82, 2.24) is 9.47 Å². The Morgan fingerprint density at radius 3 is 2.54 bits per heavy atom. The summed E-state index contributed by atoms with van der Waals surface area (Å²) in [7, 11) is 1.50. The molecule has 0 radical (unpaired) electrons. The Bertz CT molecular complexity index is 946. The first-order chi connectivity index (χ1) is 13.2. The highest BCUT2D eigenvalue weighted by atomic mass is 35.5. The minimum absolute atomic E-state index is 0.0882. The van der Waals surface area contributed by atoms with E-state index in [1.165, 1.54) is 22.7 Å².